The van der Waals surface area contributed by atoms with Crippen LogP contribution < -0.4 is 5.32 Å². The molecule has 1 aromatic rings. The summed E-state index contributed by atoms with van der Waals surface area (Å²) >= 11 is 0. The first-order valence-electron chi connectivity index (χ1n) is 7.32. The Kier molecular flexibility index (Phi) is 6.38. The van der Waals surface area contributed by atoms with Crippen molar-refractivity contribution in [2.45, 2.75) is 37.8 Å². The maximum Gasteiger partial charge on any atom is 0.175 e. The quantitative estimate of drug-likeness (QED) is 0.839. The summed E-state index contributed by atoms with van der Waals surface area (Å²) < 4.78 is 23.0. The topological polar surface area (TPSA) is 49.4 Å². The van der Waals surface area contributed by atoms with Crippen LogP contribution in [0.3, 0.4) is 0 Å². The fraction of sp³-hybridized carbons (Fsp3) is 0.625. The molecule has 0 aromatic heterocycles. The summed E-state index contributed by atoms with van der Waals surface area (Å²) in [6, 6.07) is 7.72. The van der Waals surface area contributed by atoms with Crippen LogP contribution >= 0.6 is 0 Å². The van der Waals surface area contributed by atoms with Crippen LogP contribution in [-0.2, 0) is 9.84 Å². The molecule has 0 spiro atoms. The van der Waals surface area contributed by atoms with E-state index in [9.17, 15) is 8.42 Å². The maximum absolute atomic E-state index is 11.5. The van der Waals surface area contributed by atoms with Gasteiger partial charge in [-0.05, 0) is 44.6 Å². The molecule has 120 valence electrons. The fourth-order valence-corrected chi connectivity index (χ4v) is 2.90. The largest absolute Gasteiger partial charge is 0.308 e. The third-order valence-electron chi connectivity index (χ3n) is 3.64. The molecule has 0 aliphatic rings. The Morgan fingerprint density at radius 3 is 2.00 bits per heavy atom. The molecule has 1 aromatic carbocycles. The average Bonchev–Trinajstić information content (AvgIpc) is 2.36. The van der Waals surface area contributed by atoms with E-state index in [2.05, 4.69) is 45.1 Å². The van der Waals surface area contributed by atoms with Crippen molar-refractivity contribution in [2.75, 3.05) is 26.9 Å². The Morgan fingerprint density at radius 2 is 1.62 bits per heavy atom. The van der Waals surface area contributed by atoms with Gasteiger partial charge in [-0.15, -0.1) is 0 Å². The van der Waals surface area contributed by atoms with Crippen molar-refractivity contribution >= 4 is 9.84 Å². The number of nitrogens with zero attached hydrogens (tertiary/aromatic N) is 1. The van der Waals surface area contributed by atoms with E-state index in [0.717, 1.165) is 12.1 Å². The first-order valence-corrected chi connectivity index (χ1v) is 9.21. The zero-order valence-corrected chi connectivity index (χ0v) is 14.7. The van der Waals surface area contributed by atoms with Gasteiger partial charge in [0, 0.05) is 24.9 Å². The first-order chi connectivity index (χ1) is 9.61. The van der Waals surface area contributed by atoms with Crippen LogP contribution in [0.25, 0.3) is 0 Å². The van der Waals surface area contributed by atoms with Gasteiger partial charge in [0.2, 0.25) is 0 Å². The molecule has 1 rings (SSSR count). The molecule has 0 saturated heterocycles. The van der Waals surface area contributed by atoms with Gasteiger partial charge in [-0.2, -0.15) is 0 Å². The van der Waals surface area contributed by atoms with Gasteiger partial charge in [-0.1, -0.05) is 26.0 Å². The van der Waals surface area contributed by atoms with Crippen LogP contribution in [0, 0.1) is 5.92 Å². The van der Waals surface area contributed by atoms with E-state index in [1.54, 1.807) is 12.1 Å². The van der Waals surface area contributed by atoms with Crippen molar-refractivity contribution in [1.29, 1.82) is 0 Å². The van der Waals surface area contributed by atoms with Crippen LogP contribution in [-0.4, -0.2) is 46.3 Å². The minimum absolute atomic E-state index is 0.186. The molecule has 2 unspecified atom stereocenters. The molecule has 0 aliphatic carbocycles. The normalized spacial score (nSPS) is 15.4. The second-order valence-electron chi connectivity index (χ2n) is 6.34. The smallest absolute Gasteiger partial charge is 0.175 e. The highest BCUT2D eigenvalue weighted by atomic mass is 32.2. The highest BCUT2D eigenvalue weighted by Crippen LogP contribution is 2.18. The molecule has 0 aliphatic heterocycles. The van der Waals surface area contributed by atoms with Crippen molar-refractivity contribution in [2.24, 2.45) is 5.92 Å². The number of nitrogens with one attached hydrogen (secondary N) is 1. The standard InChI is InChI=1S/C16H28N2O2S/c1-12(2)16(11-18(4)5)17-13(3)14-7-9-15(10-8-14)21(6,19)20/h7-10,12-13,16-17H,11H2,1-6H3. The van der Waals surface area contributed by atoms with Gasteiger partial charge < -0.3 is 10.2 Å². The molecule has 4 nitrogen and oxygen atoms in total. The van der Waals surface area contributed by atoms with Gasteiger partial charge >= 0.3 is 0 Å². The number of hydrogen-bond donors (Lipinski definition) is 1. The molecule has 0 amide bonds. The zero-order chi connectivity index (χ0) is 16.2. The molecule has 0 radical (unpaired) electrons. The molecule has 21 heavy (non-hydrogen) atoms. The average molecular weight is 312 g/mol. The Labute approximate surface area is 129 Å². The summed E-state index contributed by atoms with van der Waals surface area (Å²) in [6.45, 7) is 7.51. The van der Waals surface area contributed by atoms with E-state index in [0.29, 0.717) is 16.9 Å². The van der Waals surface area contributed by atoms with Crippen molar-refractivity contribution in [3.63, 3.8) is 0 Å². The molecule has 2 atom stereocenters. The van der Waals surface area contributed by atoms with Gasteiger partial charge in [0.15, 0.2) is 9.84 Å². The molecule has 5 heteroatoms. The number of benzene rings is 1. The van der Waals surface area contributed by atoms with Crippen LogP contribution in [0.5, 0.6) is 0 Å². The lowest BCUT2D eigenvalue weighted by Gasteiger charge is -2.29. The van der Waals surface area contributed by atoms with Gasteiger partial charge in [0.25, 0.3) is 0 Å². The van der Waals surface area contributed by atoms with Gasteiger partial charge in [-0.3, -0.25) is 0 Å². The number of sulfone groups is 1. The predicted octanol–water partition coefficient (Wildman–Crippen LogP) is 2.33. The molecule has 0 bridgehead atoms. The zero-order valence-electron chi connectivity index (χ0n) is 13.9. The molecule has 0 heterocycles. The van der Waals surface area contributed by atoms with E-state index in [1.807, 2.05) is 12.1 Å². The molecule has 1 N–H and O–H groups in total. The molecule has 0 saturated carbocycles. The highest BCUT2D eigenvalue weighted by molar-refractivity contribution is 7.90. The van der Waals surface area contributed by atoms with Crippen molar-refractivity contribution < 1.29 is 8.42 Å². The van der Waals surface area contributed by atoms with E-state index in [1.165, 1.54) is 6.26 Å². The van der Waals surface area contributed by atoms with E-state index < -0.39 is 9.84 Å². The molecular weight excluding hydrogens is 284 g/mol. The minimum atomic E-state index is -3.12. The van der Waals surface area contributed by atoms with Gasteiger partial charge in [0.1, 0.15) is 0 Å². The third kappa shape index (κ3) is 5.77. The predicted molar refractivity (Wildman–Crippen MR) is 88.3 cm³/mol. The first kappa shape index (κ1) is 18.1. The maximum atomic E-state index is 11.5. The number of hydrogen-bond acceptors (Lipinski definition) is 4. The lowest BCUT2D eigenvalue weighted by Crippen LogP contribution is -2.43. The van der Waals surface area contributed by atoms with E-state index >= 15 is 0 Å². The van der Waals surface area contributed by atoms with E-state index in [-0.39, 0.29) is 6.04 Å². The summed E-state index contributed by atoms with van der Waals surface area (Å²) in [5.74, 6) is 0.533. The summed E-state index contributed by atoms with van der Waals surface area (Å²) in [6.07, 6.45) is 1.23. The van der Waals surface area contributed by atoms with Crippen LogP contribution in [0.4, 0.5) is 0 Å². The Bertz CT molecular complexity index is 536. The van der Waals surface area contributed by atoms with Crippen molar-refractivity contribution in [1.82, 2.24) is 10.2 Å². The van der Waals surface area contributed by atoms with Crippen LogP contribution in [0.15, 0.2) is 29.2 Å². The van der Waals surface area contributed by atoms with Crippen LogP contribution in [0.2, 0.25) is 0 Å². The SMILES string of the molecule is CC(NC(CN(C)C)C(C)C)c1ccc(S(C)(=O)=O)cc1. The van der Waals surface area contributed by atoms with Gasteiger partial charge in [0.05, 0.1) is 4.90 Å². The minimum Gasteiger partial charge on any atom is -0.308 e. The summed E-state index contributed by atoms with van der Waals surface area (Å²) in [7, 11) is 1.02. The number of likely N-dealkylation sites (N-methyl/N-ethyl adjacent to an activating group) is 1. The second kappa shape index (κ2) is 7.38. The highest BCUT2D eigenvalue weighted by Gasteiger charge is 2.18. The Hall–Kier alpha value is -0.910. The molecular formula is C16H28N2O2S. The van der Waals surface area contributed by atoms with E-state index in [4.69, 9.17) is 0 Å². The fourth-order valence-electron chi connectivity index (χ4n) is 2.27. The van der Waals surface area contributed by atoms with Crippen molar-refractivity contribution in [3.8, 4) is 0 Å². The lowest BCUT2D eigenvalue weighted by atomic mass is 10.0. The van der Waals surface area contributed by atoms with Crippen molar-refractivity contribution in [3.05, 3.63) is 29.8 Å². The third-order valence-corrected chi connectivity index (χ3v) is 4.77. The Balaban J connectivity index is 2.80. The summed E-state index contributed by atoms with van der Waals surface area (Å²) in [4.78, 5) is 2.55. The lowest BCUT2D eigenvalue weighted by molar-refractivity contribution is 0.273. The summed E-state index contributed by atoms with van der Waals surface area (Å²) in [5, 5.41) is 3.63. The Morgan fingerprint density at radius 1 is 1.10 bits per heavy atom. The molecule has 0 fully saturated rings. The summed E-state index contributed by atoms with van der Waals surface area (Å²) in [5.41, 5.74) is 1.10. The van der Waals surface area contributed by atoms with Gasteiger partial charge in [-0.25, -0.2) is 8.42 Å². The number of rotatable bonds is 7. The van der Waals surface area contributed by atoms with Crippen LogP contribution in [0.1, 0.15) is 32.4 Å². The second-order valence-corrected chi connectivity index (χ2v) is 8.36. The monoisotopic (exact) mass is 312 g/mol.